The first-order chi connectivity index (χ1) is 17.2. The zero-order valence-electron chi connectivity index (χ0n) is 19.1. The summed E-state index contributed by atoms with van der Waals surface area (Å²) >= 11 is 3.01. The largest absolute Gasteiger partial charge is 0.489 e. The summed E-state index contributed by atoms with van der Waals surface area (Å²) in [7, 11) is 0. The molecule has 1 amide bonds. The van der Waals surface area contributed by atoms with Gasteiger partial charge in [-0.25, -0.2) is 9.97 Å². The van der Waals surface area contributed by atoms with Crippen molar-refractivity contribution < 1.29 is 9.53 Å². The van der Waals surface area contributed by atoms with Gasteiger partial charge in [0, 0.05) is 16.6 Å². The molecule has 0 saturated carbocycles. The van der Waals surface area contributed by atoms with Gasteiger partial charge in [0.15, 0.2) is 0 Å². The zero-order valence-corrected chi connectivity index (χ0v) is 20.7. The first-order valence-corrected chi connectivity index (χ1v) is 13.0. The predicted molar refractivity (Wildman–Crippen MR) is 144 cm³/mol. The van der Waals surface area contributed by atoms with E-state index in [-0.39, 0.29) is 11.7 Å². The van der Waals surface area contributed by atoms with Gasteiger partial charge in [-0.3, -0.25) is 4.79 Å². The van der Waals surface area contributed by atoms with Gasteiger partial charge in [-0.05, 0) is 42.3 Å². The van der Waals surface area contributed by atoms with Crippen LogP contribution in [0.25, 0.3) is 21.3 Å². The van der Waals surface area contributed by atoms with Crippen molar-refractivity contribution in [1.29, 1.82) is 0 Å². The highest BCUT2D eigenvalue weighted by molar-refractivity contribution is 8.00. The highest BCUT2D eigenvalue weighted by atomic mass is 32.2. The van der Waals surface area contributed by atoms with Crippen molar-refractivity contribution in [3.05, 3.63) is 102 Å². The van der Waals surface area contributed by atoms with Crippen molar-refractivity contribution in [2.45, 2.75) is 18.6 Å². The lowest BCUT2D eigenvalue weighted by molar-refractivity contribution is -0.113. The number of carbonyl (C=O) groups excluding carboxylic acids is 1. The summed E-state index contributed by atoms with van der Waals surface area (Å²) in [6, 6.07) is 25.8. The van der Waals surface area contributed by atoms with E-state index in [0.717, 1.165) is 43.4 Å². The molecule has 3 aromatic carbocycles. The number of thiophene rings is 1. The number of hydrogen-bond acceptors (Lipinski definition) is 6. The molecular weight excluding hydrogens is 474 g/mol. The molecule has 2 aromatic heterocycles. The number of anilines is 1. The first kappa shape index (κ1) is 23.1. The molecule has 5 nitrogen and oxygen atoms in total. The van der Waals surface area contributed by atoms with Gasteiger partial charge in [0.1, 0.15) is 28.5 Å². The van der Waals surface area contributed by atoms with E-state index in [0.29, 0.717) is 6.61 Å². The average molecular weight is 498 g/mol. The van der Waals surface area contributed by atoms with Gasteiger partial charge in [-0.2, -0.15) is 0 Å². The van der Waals surface area contributed by atoms with Crippen molar-refractivity contribution in [3.63, 3.8) is 0 Å². The molecule has 0 atom stereocenters. The Balaban J connectivity index is 1.21. The Morgan fingerprint density at radius 2 is 1.74 bits per heavy atom. The van der Waals surface area contributed by atoms with E-state index in [1.165, 1.54) is 17.3 Å². The number of rotatable bonds is 8. The first-order valence-electron chi connectivity index (χ1n) is 11.1. The topological polar surface area (TPSA) is 64.1 Å². The molecule has 2 heterocycles. The van der Waals surface area contributed by atoms with Crippen molar-refractivity contribution in [3.8, 4) is 16.9 Å². The number of fused-ring (bicyclic) bond motifs is 1. The van der Waals surface area contributed by atoms with Crippen molar-refractivity contribution in [2.75, 3.05) is 11.1 Å². The Bertz CT molecular complexity index is 1430. The van der Waals surface area contributed by atoms with Gasteiger partial charge in [-0.1, -0.05) is 71.9 Å². The SMILES string of the molecule is Cc1ccc(-c2csc3ncnc(SCC(=O)Nc4ccc(OCc5ccccc5)cc4)c23)cc1. The van der Waals surface area contributed by atoms with Crippen molar-refractivity contribution >= 4 is 44.9 Å². The monoisotopic (exact) mass is 497 g/mol. The highest BCUT2D eigenvalue weighted by Crippen LogP contribution is 2.37. The van der Waals surface area contributed by atoms with Crippen LogP contribution in [0.2, 0.25) is 0 Å². The molecule has 0 fully saturated rings. The molecule has 7 heteroatoms. The third-order valence-corrected chi connectivity index (χ3v) is 7.30. The smallest absolute Gasteiger partial charge is 0.234 e. The molecule has 0 saturated heterocycles. The Morgan fingerprint density at radius 1 is 0.971 bits per heavy atom. The molecule has 0 aliphatic heterocycles. The lowest BCUT2D eigenvalue weighted by Crippen LogP contribution is -2.14. The van der Waals surface area contributed by atoms with E-state index in [9.17, 15) is 4.79 Å². The highest BCUT2D eigenvalue weighted by Gasteiger charge is 2.15. The minimum absolute atomic E-state index is 0.0909. The molecule has 0 spiro atoms. The van der Waals surface area contributed by atoms with Gasteiger partial charge >= 0.3 is 0 Å². The standard InChI is InChI=1S/C28H23N3O2S2/c1-19-7-9-21(10-8-19)24-16-34-27-26(24)28(30-18-29-27)35-17-25(32)31-22-11-13-23(14-12-22)33-15-20-5-3-2-4-6-20/h2-14,16,18H,15,17H2,1H3,(H,31,32). The van der Waals surface area contributed by atoms with Gasteiger partial charge in [0.05, 0.1) is 11.1 Å². The molecular formula is C28H23N3O2S2. The van der Waals surface area contributed by atoms with Crippen LogP contribution in [-0.4, -0.2) is 21.6 Å². The number of ether oxygens (including phenoxy) is 1. The quantitative estimate of drug-likeness (QED) is 0.185. The fourth-order valence-electron chi connectivity index (χ4n) is 3.61. The third-order valence-electron chi connectivity index (χ3n) is 5.42. The van der Waals surface area contributed by atoms with Gasteiger partial charge < -0.3 is 10.1 Å². The average Bonchev–Trinajstić information content (AvgIpc) is 3.33. The summed E-state index contributed by atoms with van der Waals surface area (Å²) in [4.78, 5) is 22.5. The normalized spacial score (nSPS) is 10.9. The second-order valence-electron chi connectivity index (χ2n) is 8.01. The molecule has 0 aliphatic carbocycles. The minimum atomic E-state index is -0.0909. The molecule has 1 N–H and O–H groups in total. The van der Waals surface area contributed by atoms with Gasteiger partial charge in [0.25, 0.3) is 0 Å². The fraction of sp³-hybridized carbons (Fsp3) is 0.107. The van der Waals surface area contributed by atoms with Crippen LogP contribution in [0.4, 0.5) is 5.69 Å². The Hall–Kier alpha value is -3.68. The fourth-order valence-corrected chi connectivity index (χ4v) is 5.40. The van der Waals surface area contributed by atoms with E-state index in [1.54, 1.807) is 17.7 Å². The maximum atomic E-state index is 12.6. The molecule has 35 heavy (non-hydrogen) atoms. The summed E-state index contributed by atoms with van der Waals surface area (Å²) < 4.78 is 5.81. The second kappa shape index (κ2) is 10.7. The lowest BCUT2D eigenvalue weighted by atomic mass is 10.1. The molecule has 174 valence electrons. The summed E-state index contributed by atoms with van der Waals surface area (Å²) in [6.07, 6.45) is 1.56. The number of amides is 1. The van der Waals surface area contributed by atoms with Gasteiger partial charge in [0.2, 0.25) is 5.91 Å². The number of aryl methyl sites for hydroxylation is 1. The Morgan fingerprint density at radius 3 is 2.51 bits per heavy atom. The van der Waals surface area contributed by atoms with Crippen LogP contribution < -0.4 is 10.1 Å². The molecule has 0 radical (unpaired) electrons. The summed E-state index contributed by atoms with van der Waals surface area (Å²) in [5.74, 6) is 0.916. The third kappa shape index (κ3) is 5.70. The summed E-state index contributed by atoms with van der Waals surface area (Å²) in [5, 5.41) is 6.87. The number of hydrogen-bond donors (Lipinski definition) is 1. The number of benzene rings is 3. The van der Waals surface area contributed by atoms with Crippen LogP contribution >= 0.6 is 23.1 Å². The number of aromatic nitrogens is 2. The Labute approximate surface area is 212 Å². The minimum Gasteiger partial charge on any atom is -0.489 e. The molecule has 0 unspecified atom stereocenters. The number of thioether (sulfide) groups is 1. The maximum absolute atomic E-state index is 12.6. The summed E-state index contributed by atoms with van der Waals surface area (Å²) in [6.45, 7) is 2.58. The molecule has 0 bridgehead atoms. The maximum Gasteiger partial charge on any atom is 0.234 e. The number of nitrogens with one attached hydrogen (secondary N) is 1. The predicted octanol–water partition coefficient (Wildman–Crippen LogP) is 6.98. The molecule has 5 aromatic rings. The van der Waals surface area contributed by atoms with E-state index in [1.807, 2.05) is 54.6 Å². The van der Waals surface area contributed by atoms with Gasteiger partial charge in [-0.15, -0.1) is 11.3 Å². The zero-order chi connectivity index (χ0) is 24.0. The van der Waals surface area contributed by atoms with Crippen LogP contribution in [0, 0.1) is 6.92 Å². The van der Waals surface area contributed by atoms with E-state index >= 15 is 0 Å². The van der Waals surface area contributed by atoms with Crippen molar-refractivity contribution in [2.24, 2.45) is 0 Å². The number of carbonyl (C=O) groups is 1. The molecule has 5 rings (SSSR count). The number of nitrogens with zero attached hydrogens (tertiary/aromatic N) is 2. The Kier molecular flexibility index (Phi) is 7.07. The van der Waals surface area contributed by atoms with E-state index in [2.05, 4.69) is 51.9 Å². The summed E-state index contributed by atoms with van der Waals surface area (Å²) in [5.41, 5.74) is 5.27. The van der Waals surface area contributed by atoms with Crippen LogP contribution in [0.3, 0.4) is 0 Å². The second-order valence-corrected chi connectivity index (χ2v) is 9.83. The van der Waals surface area contributed by atoms with E-state index < -0.39 is 0 Å². The lowest BCUT2D eigenvalue weighted by Gasteiger charge is -2.09. The van der Waals surface area contributed by atoms with Crippen LogP contribution in [0.1, 0.15) is 11.1 Å². The van der Waals surface area contributed by atoms with Crippen molar-refractivity contribution in [1.82, 2.24) is 9.97 Å². The molecule has 0 aliphatic rings. The van der Waals surface area contributed by atoms with Crippen LogP contribution in [0.15, 0.2) is 95.6 Å². The van der Waals surface area contributed by atoms with Crippen LogP contribution in [0.5, 0.6) is 5.75 Å². The van der Waals surface area contributed by atoms with Crippen LogP contribution in [-0.2, 0) is 11.4 Å². The van der Waals surface area contributed by atoms with E-state index in [4.69, 9.17) is 4.74 Å².